The Morgan fingerprint density at radius 2 is 1.84 bits per heavy atom. The van der Waals surface area contributed by atoms with E-state index < -0.39 is 0 Å². The van der Waals surface area contributed by atoms with Gasteiger partial charge in [0.2, 0.25) is 5.91 Å². The number of hydrogen-bond donors (Lipinski definition) is 1. The Kier molecular flexibility index (Phi) is 6.84. The number of rotatable bonds is 7. The van der Waals surface area contributed by atoms with Gasteiger partial charge in [0.15, 0.2) is 0 Å². The van der Waals surface area contributed by atoms with Gasteiger partial charge in [0, 0.05) is 19.5 Å². The summed E-state index contributed by atoms with van der Waals surface area (Å²) in [4.78, 5) is 14.3. The average molecular weight is 268 g/mol. The van der Waals surface area contributed by atoms with Gasteiger partial charge in [-0.15, -0.1) is 0 Å². The summed E-state index contributed by atoms with van der Waals surface area (Å²) in [6.45, 7) is 9.44. The lowest BCUT2D eigenvalue weighted by Crippen LogP contribution is -2.41. The van der Waals surface area contributed by atoms with Crippen molar-refractivity contribution in [3.05, 3.63) is 0 Å². The van der Waals surface area contributed by atoms with Gasteiger partial charge in [0.25, 0.3) is 0 Å². The van der Waals surface area contributed by atoms with Gasteiger partial charge in [0.05, 0.1) is 0 Å². The van der Waals surface area contributed by atoms with Crippen LogP contribution in [0.1, 0.15) is 65.7 Å². The molecule has 1 atom stereocenters. The van der Waals surface area contributed by atoms with E-state index in [1.165, 1.54) is 12.8 Å². The Morgan fingerprint density at radius 1 is 1.21 bits per heavy atom. The number of carbonyl (C=O) groups is 1. The largest absolute Gasteiger partial charge is 0.343 e. The highest BCUT2D eigenvalue weighted by atomic mass is 16.2. The summed E-state index contributed by atoms with van der Waals surface area (Å²) in [7, 11) is 0. The van der Waals surface area contributed by atoms with E-state index in [4.69, 9.17) is 5.73 Å². The first-order chi connectivity index (χ1) is 8.98. The summed E-state index contributed by atoms with van der Waals surface area (Å²) < 4.78 is 0. The number of hydrogen-bond acceptors (Lipinski definition) is 2. The zero-order valence-corrected chi connectivity index (χ0v) is 13.1. The van der Waals surface area contributed by atoms with Crippen molar-refractivity contribution >= 4 is 5.91 Å². The van der Waals surface area contributed by atoms with Crippen LogP contribution in [-0.2, 0) is 4.79 Å². The molecular formula is C16H32N2O. The monoisotopic (exact) mass is 268 g/mol. The van der Waals surface area contributed by atoms with Crippen molar-refractivity contribution in [3.8, 4) is 0 Å². The molecule has 112 valence electrons. The van der Waals surface area contributed by atoms with Gasteiger partial charge >= 0.3 is 0 Å². The van der Waals surface area contributed by atoms with Gasteiger partial charge in [-0.3, -0.25) is 4.79 Å². The molecule has 1 heterocycles. The summed E-state index contributed by atoms with van der Waals surface area (Å²) >= 11 is 0. The molecule has 2 N–H and O–H groups in total. The third kappa shape index (κ3) is 5.94. The van der Waals surface area contributed by atoms with Crippen molar-refractivity contribution < 1.29 is 4.79 Å². The van der Waals surface area contributed by atoms with E-state index in [0.717, 1.165) is 45.3 Å². The van der Waals surface area contributed by atoms with E-state index >= 15 is 0 Å². The summed E-state index contributed by atoms with van der Waals surface area (Å²) in [6.07, 6.45) is 7.47. The summed E-state index contributed by atoms with van der Waals surface area (Å²) in [5.74, 6) is 0.994. The SMILES string of the molecule is CCCC(CCN)CCC(=O)N1CCC(C)(C)CC1. The van der Waals surface area contributed by atoms with E-state index in [0.29, 0.717) is 23.7 Å². The lowest BCUT2D eigenvalue weighted by molar-refractivity contribution is -0.133. The molecule has 0 aromatic carbocycles. The molecule has 19 heavy (non-hydrogen) atoms. The Morgan fingerprint density at radius 3 is 2.37 bits per heavy atom. The normalized spacial score (nSPS) is 20.3. The maximum absolute atomic E-state index is 12.2. The molecule has 3 heteroatoms. The maximum atomic E-state index is 12.2. The van der Waals surface area contributed by atoms with Crippen LogP contribution in [0.5, 0.6) is 0 Å². The first-order valence-electron chi connectivity index (χ1n) is 7.96. The third-order valence-electron chi connectivity index (χ3n) is 4.51. The zero-order chi connectivity index (χ0) is 14.3. The first-order valence-corrected chi connectivity index (χ1v) is 7.96. The van der Waals surface area contributed by atoms with Crippen molar-refractivity contribution in [2.24, 2.45) is 17.1 Å². The highest BCUT2D eigenvalue weighted by Crippen LogP contribution is 2.30. The molecule has 3 nitrogen and oxygen atoms in total. The first kappa shape index (κ1) is 16.5. The molecular weight excluding hydrogens is 236 g/mol. The Bertz CT molecular complexity index is 260. The Labute approximate surface area is 118 Å². The van der Waals surface area contributed by atoms with Crippen molar-refractivity contribution in [3.63, 3.8) is 0 Å². The molecule has 1 aliphatic heterocycles. The Balaban J connectivity index is 2.30. The molecule has 1 aliphatic rings. The molecule has 0 aromatic rings. The van der Waals surface area contributed by atoms with Crippen molar-refractivity contribution in [2.75, 3.05) is 19.6 Å². The fraction of sp³-hybridized carbons (Fsp3) is 0.938. The summed E-state index contributed by atoms with van der Waals surface area (Å²) in [5.41, 5.74) is 6.06. The smallest absolute Gasteiger partial charge is 0.222 e. The van der Waals surface area contributed by atoms with Gasteiger partial charge in [-0.05, 0) is 43.6 Å². The fourth-order valence-corrected chi connectivity index (χ4v) is 2.92. The number of carbonyl (C=O) groups excluding carboxylic acids is 1. The molecule has 1 saturated heterocycles. The van der Waals surface area contributed by atoms with Crippen molar-refractivity contribution in [2.45, 2.75) is 65.7 Å². The standard InChI is InChI=1S/C16H32N2O/c1-4-5-14(8-11-17)6-7-15(19)18-12-9-16(2,3)10-13-18/h14H,4-13,17H2,1-3H3. The molecule has 0 radical (unpaired) electrons. The van der Waals surface area contributed by atoms with Crippen LogP contribution in [0, 0.1) is 11.3 Å². The van der Waals surface area contributed by atoms with Crippen molar-refractivity contribution in [1.29, 1.82) is 0 Å². The quantitative estimate of drug-likeness (QED) is 0.771. The highest BCUT2D eigenvalue weighted by Gasteiger charge is 2.27. The van der Waals surface area contributed by atoms with Gasteiger partial charge in [0.1, 0.15) is 0 Å². The minimum Gasteiger partial charge on any atom is -0.343 e. The summed E-state index contributed by atoms with van der Waals surface area (Å²) in [5, 5.41) is 0. The predicted molar refractivity (Wildman–Crippen MR) is 80.9 cm³/mol. The Hall–Kier alpha value is -0.570. The van der Waals surface area contributed by atoms with Gasteiger partial charge in [-0.25, -0.2) is 0 Å². The van der Waals surface area contributed by atoms with E-state index in [1.807, 2.05) is 0 Å². The molecule has 1 unspecified atom stereocenters. The van der Waals surface area contributed by atoms with Crippen molar-refractivity contribution in [1.82, 2.24) is 4.90 Å². The number of nitrogens with two attached hydrogens (primary N) is 1. The number of likely N-dealkylation sites (tertiary alicyclic amines) is 1. The molecule has 0 bridgehead atoms. The van der Waals surface area contributed by atoms with E-state index in [-0.39, 0.29) is 0 Å². The average Bonchev–Trinajstić information content (AvgIpc) is 2.36. The molecule has 0 saturated carbocycles. The topological polar surface area (TPSA) is 46.3 Å². The van der Waals surface area contributed by atoms with Crippen LogP contribution in [-0.4, -0.2) is 30.4 Å². The van der Waals surface area contributed by atoms with Crippen LogP contribution in [0.25, 0.3) is 0 Å². The van der Waals surface area contributed by atoms with E-state index in [2.05, 4.69) is 25.7 Å². The minimum atomic E-state index is 0.355. The highest BCUT2D eigenvalue weighted by molar-refractivity contribution is 5.76. The van der Waals surface area contributed by atoms with Crippen LogP contribution in [0.3, 0.4) is 0 Å². The van der Waals surface area contributed by atoms with Gasteiger partial charge in [-0.2, -0.15) is 0 Å². The van der Waals surface area contributed by atoms with E-state index in [9.17, 15) is 4.79 Å². The number of piperidine rings is 1. The molecule has 0 aliphatic carbocycles. The third-order valence-corrected chi connectivity index (χ3v) is 4.51. The molecule has 1 rings (SSSR count). The van der Waals surface area contributed by atoms with Crippen LogP contribution in [0.4, 0.5) is 0 Å². The summed E-state index contributed by atoms with van der Waals surface area (Å²) in [6, 6.07) is 0. The number of nitrogens with zero attached hydrogens (tertiary/aromatic N) is 1. The van der Waals surface area contributed by atoms with Crippen LogP contribution >= 0.6 is 0 Å². The maximum Gasteiger partial charge on any atom is 0.222 e. The molecule has 0 aromatic heterocycles. The second kappa shape index (κ2) is 7.88. The second-order valence-electron chi connectivity index (χ2n) is 6.82. The predicted octanol–water partition coefficient (Wildman–Crippen LogP) is 3.18. The van der Waals surface area contributed by atoms with Gasteiger partial charge in [-0.1, -0.05) is 33.6 Å². The van der Waals surface area contributed by atoms with Gasteiger partial charge < -0.3 is 10.6 Å². The second-order valence-corrected chi connectivity index (χ2v) is 6.82. The van der Waals surface area contributed by atoms with Crippen LogP contribution < -0.4 is 5.73 Å². The lowest BCUT2D eigenvalue weighted by atomic mass is 9.82. The van der Waals surface area contributed by atoms with Crippen LogP contribution in [0.2, 0.25) is 0 Å². The zero-order valence-electron chi connectivity index (χ0n) is 13.1. The molecule has 1 amide bonds. The minimum absolute atomic E-state index is 0.355. The molecule has 1 fully saturated rings. The molecule has 0 spiro atoms. The number of amides is 1. The fourth-order valence-electron chi connectivity index (χ4n) is 2.92. The lowest BCUT2D eigenvalue weighted by Gasteiger charge is -2.37. The van der Waals surface area contributed by atoms with E-state index in [1.54, 1.807) is 0 Å². The van der Waals surface area contributed by atoms with Crippen LogP contribution in [0.15, 0.2) is 0 Å².